The van der Waals surface area contributed by atoms with E-state index < -0.39 is 83.9 Å². The molecule has 15 nitrogen and oxygen atoms in total. The summed E-state index contributed by atoms with van der Waals surface area (Å²) in [6.45, 7) is -0.233. The molecule has 0 saturated heterocycles. The van der Waals surface area contributed by atoms with Gasteiger partial charge < -0.3 is 31.3 Å². The molecular formula is C27H43Cl4N6O9PS. The number of hydrogen-bond acceptors (Lipinski definition) is 9. The Morgan fingerprint density at radius 2 is 1.44 bits per heavy atom. The molecule has 274 valence electrons. The first kappa shape index (κ1) is 44.3. The van der Waals surface area contributed by atoms with Gasteiger partial charge in [-0.3, -0.25) is 23.7 Å². The number of nitrogens with zero attached hydrogens (tertiary/aromatic N) is 2. The predicted molar refractivity (Wildman–Crippen MR) is 186 cm³/mol. The zero-order chi connectivity index (χ0) is 36.3. The summed E-state index contributed by atoms with van der Waals surface area (Å²) >= 11 is 23.7. The third-order valence-corrected chi connectivity index (χ3v) is 11.8. The molecule has 0 fully saturated rings. The summed E-state index contributed by atoms with van der Waals surface area (Å²) in [6.07, 6.45) is -0.729. The standard InChI is InChI=1S/C27H43Cl4N6O9PS/c1-33-26(40)24(20-5-3-2-4-6-20)35-25(39)22(34-23(38)8-7-21(32)27(41)42)19-48(44,45)18-17-46-47(43,36(13-9-28)14-10-29)37(15-11-30)16-12-31/h2-6,21-22,24H,7-19,32H2,1H3,(H,33,40)(H,34,38)(H,35,39)(H,41,42)/t21?,22-,24+/m0/s1. The quantitative estimate of drug-likeness (QED) is 0.0700. The second-order valence-electron chi connectivity index (χ2n) is 10.2. The molecule has 1 aromatic carbocycles. The fourth-order valence-electron chi connectivity index (χ4n) is 4.27. The van der Waals surface area contributed by atoms with E-state index >= 15 is 0 Å². The van der Waals surface area contributed by atoms with Gasteiger partial charge in [0.1, 0.15) is 18.1 Å². The van der Waals surface area contributed by atoms with Gasteiger partial charge in [0.15, 0.2) is 9.84 Å². The number of carbonyl (C=O) groups excluding carboxylic acids is 3. The molecule has 21 heteroatoms. The van der Waals surface area contributed by atoms with Gasteiger partial charge in [-0.2, -0.15) is 0 Å². The number of hydrogen-bond donors (Lipinski definition) is 5. The summed E-state index contributed by atoms with van der Waals surface area (Å²) < 4.78 is 49.5. The van der Waals surface area contributed by atoms with Crippen LogP contribution >= 0.6 is 54.1 Å². The van der Waals surface area contributed by atoms with E-state index in [4.69, 9.17) is 61.8 Å². The summed E-state index contributed by atoms with van der Waals surface area (Å²) in [7, 11) is -6.85. The van der Waals surface area contributed by atoms with Crippen LogP contribution in [-0.2, 0) is 38.1 Å². The molecule has 1 rings (SSSR count). The topological polar surface area (TPSA) is 218 Å². The van der Waals surface area contributed by atoms with Crippen LogP contribution in [0.4, 0.5) is 0 Å². The van der Waals surface area contributed by atoms with Gasteiger partial charge in [-0.1, -0.05) is 30.3 Å². The van der Waals surface area contributed by atoms with Crippen LogP contribution in [0.25, 0.3) is 0 Å². The van der Waals surface area contributed by atoms with E-state index in [1.165, 1.54) is 16.4 Å². The fourth-order valence-corrected chi connectivity index (χ4v) is 9.36. The van der Waals surface area contributed by atoms with E-state index in [0.717, 1.165) is 0 Å². The molecule has 0 aromatic heterocycles. The third kappa shape index (κ3) is 15.0. The van der Waals surface area contributed by atoms with Crippen molar-refractivity contribution in [2.45, 2.75) is 31.0 Å². The average molecular weight is 801 g/mol. The van der Waals surface area contributed by atoms with Crippen LogP contribution in [0.15, 0.2) is 30.3 Å². The van der Waals surface area contributed by atoms with Gasteiger partial charge in [0.2, 0.25) is 17.7 Å². The monoisotopic (exact) mass is 798 g/mol. The van der Waals surface area contributed by atoms with E-state index in [1.54, 1.807) is 30.3 Å². The largest absolute Gasteiger partial charge is 0.480 e. The Hall–Kier alpha value is -1.72. The molecule has 3 amide bonds. The molecular weight excluding hydrogens is 757 g/mol. The molecule has 0 aliphatic heterocycles. The molecule has 0 bridgehead atoms. The molecule has 0 aliphatic rings. The minimum atomic E-state index is -4.25. The number of nitrogens with two attached hydrogens (primary N) is 1. The lowest BCUT2D eigenvalue weighted by atomic mass is 10.1. The van der Waals surface area contributed by atoms with Crippen molar-refractivity contribution in [2.24, 2.45) is 5.73 Å². The molecule has 0 spiro atoms. The molecule has 3 atom stereocenters. The number of alkyl halides is 4. The summed E-state index contributed by atoms with van der Waals surface area (Å²) in [4.78, 5) is 49.9. The number of benzene rings is 1. The van der Waals surface area contributed by atoms with Crippen molar-refractivity contribution in [3.63, 3.8) is 0 Å². The predicted octanol–water partition coefficient (Wildman–Crippen LogP) is 1.37. The average Bonchev–Trinajstić information content (AvgIpc) is 3.05. The smallest absolute Gasteiger partial charge is 0.346 e. The minimum Gasteiger partial charge on any atom is -0.480 e. The number of carbonyl (C=O) groups is 4. The maximum atomic E-state index is 14.2. The van der Waals surface area contributed by atoms with Crippen LogP contribution in [0, 0.1) is 0 Å². The van der Waals surface area contributed by atoms with Crippen molar-refractivity contribution in [3.05, 3.63) is 35.9 Å². The molecule has 1 aromatic rings. The zero-order valence-corrected chi connectivity index (χ0v) is 31.1. The van der Waals surface area contributed by atoms with Crippen LogP contribution in [0.1, 0.15) is 24.4 Å². The van der Waals surface area contributed by atoms with Gasteiger partial charge in [-0.05, 0) is 12.0 Å². The number of rotatable bonds is 25. The van der Waals surface area contributed by atoms with E-state index in [0.29, 0.717) is 5.56 Å². The summed E-state index contributed by atoms with van der Waals surface area (Å²) in [6, 6.07) is 3.77. The van der Waals surface area contributed by atoms with Crippen LogP contribution in [0.3, 0.4) is 0 Å². The Kier molecular flexibility index (Phi) is 21.1. The SMILES string of the molecule is CNC(=O)[C@H](NC(=O)[C@H](CS(=O)(=O)CCOP(=O)(N(CCCl)CCCl)N(CCCl)CCCl)NC(=O)CCC(N)C(=O)O)c1ccccc1. The number of likely N-dealkylation sites (N-methyl/N-ethyl adjacent to an activating group) is 1. The Morgan fingerprint density at radius 1 is 0.917 bits per heavy atom. The lowest BCUT2D eigenvalue weighted by Crippen LogP contribution is -2.53. The lowest BCUT2D eigenvalue weighted by molar-refractivity contribution is -0.138. The number of sulfone groups is 1. The normalized spacial score (nSPS) is 13.9. The van der Waals surface area contributed by atoms with Gasteiger partial charge in [0, 0.05) is 63.2 Å². The van der Waals surface area contributed by atoms with Gasteiger partial charge in [0.25, 0.3) is 0 Å². The van der Waals surface area contributed by atoms with Gasteiger partial charge in [-0.15, -0.1) is 46.4 Å². The molecule has 0 radical (unpaired) electrons. The number of amides is 3. The Morgan fingerprint density at radius 3 is 1.90 bits per heavy atom. The van der Waals surface area contributed by atoms with Gasteiger partial charge in [0.05, 0.1) is 18.1 Å². The van der Waals surface area contributed by atoms with E-state index in [2.05, 4.69) is 16.0 Å². The van der Waals surface area contributed by atoms with Crippen LogP contribution in [0.2, 0.25) is 0 Å². The molecule has 0 aliphatic carbocycles. The Bertz CT molecular complexity index is 1300. The van der Waals surface area contributed by atoms with Crippen molar-refractivity contribution in [1.29, 1.82) is 0 Å². The maximum Gasteiger partial charge on any atom is 0.346 e. The van der Waals surface area contributed by atoms with Crippen molar-refractivity contribution >= 4 is 87.6 Å². The highest BCUT2D eigenvalue weighted by Crippen LogP contribution is 2.54. The first-order chi connectivity index (χ1) is 22.7. The van der Waals surface area contributed by atoms with Crippen molar-refractivity contribution in [2.75, 3.05) is 74.9 Å². The van der Waals surface area contributed by atoms with Crippen LogP contribution < -0.4 is 21.7 Å². The summed E-state index contributed by atoms with van der Waals surface area (Å²) in [5.74, 6) is -5.26. The highest BCUT2D eigenvalue weighted by molar-refractivity contribution is 7.91. The van der Waals surface area contributed by atoms with Gasteiger partial charge >= 0.3 is 13.6 Å². The number of nitrogens with one attached hydrogen (secondary N) is 3. The lowest BCUT2D eigenvalue weighted by Gasteiger charge is -2.37. The highest BCUT2D eigenvalue weighted by Gasteiger charge is 2.39. The Labute approximate surface area is 300 Å². The van der Waals surface area contributed by atoms with E-state index in [-0.39, 0.29) is 56.1 Å². The van der Waals surface area contributed by atoms with Gasteiger partial charge in [-0.25, -0.2) is 17.8 Å². The van der Waals surface area contributed by atoms with Crippen LogP contribution in [0.5, 0.6) is 0 Å². The maximum absolute atomic E-state index is 14.2. The second-order valence-corrected chi connectivity index (χ2v) is 16.3. The third-order valence-electron chi connectivity index (χ3n) is 6.74. The second kappa shape index (κ2) is 22.9. The number of halogens is 4. The molecule has 1 unspecified atom stereocenters. The van der Waals surface area contributed by atoms with E-state index in [9.17, 15) is 32.2 Å². The van der Waals surface area contributed by atoms with Crippen molar-refractivity contribution in [3.8, 4) is 0 Å². The van der Waals surface area contributed by atoms with Crippen molar-refractivity contribution in [1.82, 2.24) is 25.3 Å². The minimum absolute atomic E-state index is 0.0615. The molecule has 6 N–H and O–H groups in total. The van der Waals surface area contributed by atoms with E-state index in [1.807, 2.05) is 0 Å². The fraction of sp³-hybridized carbons (Fsp3) is 0.630. The first-order valence-electron chi connectivity index (χ1n) is 14.7. The number of aliphatic carboxylic acids is 1. The number of carboxylic acids is 1. The molecule has 0 heterocycles. The summed E-state index contributed by atoms with van der Waals surface area (Å²) in [5, 5.41) is 16.2. The first-order valence-corrected chi connectivity index (χ1v) is 20.2. The zero-order valence-electron chi connectivity index (χ0n) is 26.4. The Balaban J connectivity index is 3.30. The van der Waals surface area contributed by atoms with Crippen molar-refractivity contribution < 1.29 is 41.8 Å². The molecule has 48 heavy (non-hydrogen) atoms. The highest BCUT2D eigenvalue weighted by atomic mass is 35.5. The summed E-state index contributed by atoms with van der Waals surface area (Å²) in [5.41, 5.74) is 5.85. The van der Waals surface area contributed by atoms with Crippen LogP contribution in [-0.4, -0.2) is 133 Å². The number of carboxylic acid groups (broad SMARTS) is 1. The molecule has 0 saturated carbocycles.